The van der Waals surface area contributed by atoms with Crippen molar-refractivity contribution in [3.8, 4) is 5.75 Å². The SMILES string of the molecule is COc1ccc(N)c(CN(C)Cc2ccc(C)cc2)c1. The van der Waals surface area contributed by atoms with Crippen molar-refractivity contribution < 1.29 is 4.74 Å². The molecule has 3 nitrogen and oxygen atoms in total. The predicted octanol–water partition coefficient (Wildman–Crippen LogP) is 3.22. The van der Waals surface area contributed by atoms with Crippen LogP contribution in [0.25, 0.3) is 0 Å². The summed E-state index contributed by atoms with van der Waals surface area (Å²) in [6.45, 7) is 3.80. The van der Waals surface area contributed by atoms with Gasteiger partial charge in [0.1, 0.15) is 5.75 Å². The molecule has 0 amide bonds. The normalized spacial score (nSPS) is 10.8. The van der Waals surface area contributed by atoms with Crippen molar-refractivity contribution in [3.63, 3.8) is 0 Å². The van der Waals surface area contributed by atoms with Crippen LogP contribution in [0.5, 0.6) is 5.75 Å². The molecule has 0 radical (unpaired) electrons. The molecule has 0 fully saturated rings. The highest BCUT2D eigenvalue weighted by molar-refractivity contribution is 5.50. The lowest BCUT2D eigenvalue weighted by Gasteiger charge is -2.18. The van der Waals surface area contributed by atoms with Gasteiger partial charge in [-0.25, -0.2) is 0 Å². The molecule has 0 aliphatic carbocycles. The molecular formula is C17H22N2O. The Bertz CT molecular complexity index is 564. The number of methoxy groups -OCH3 is 1. The molecule has 0 saturated heterocycles. The van der Waals surface area contributed by atoms with E-state index < -0.39 is 0 Å². The fraction of sp³-hybridized carbons (Fsp3) is 0.294. The molecule has 3 heteroatoms. The second-order valence-electron chi connectivity index (χ2n) is 5.22. The van der Waals surface area contributed by atoms with Crippen LogP contribution in [0.15, 0.2) is 42.5 Å². The summed E-state index contributed by atoms with van der Waals surface area (Å²) in [5.41, 5.74) is 10.5. The van der Waals surface area contributed by atoms with Crippen LogP contribution in [0, 0.1) is 6.92 Å². The van der Waals surface area contributed by atoms with Gasteiger partial charge in [0.15, 0.2) is 0 Å². The standard InChI is InChI=1S/C17H22N2O/c1-13-4-6-14(7-5-13)11-19(2)12-15-10-16(20-3)8-9-17(15)18/h4-10H,11-12,18H2,1-3H3. The van der Waals surface area contributed by atoms with Gasteiger partial charge in [-0.3, -0.25) is 4.90 Å². The first-order valence-corrected chi connectivity index (χ1v) is 6.75. The second-order valence-corrected chi connectivity index (χ2v) is 5.22. The van der Waals surface area contributed by atoms with Crippen LogP contribution in [0.4, 0.5) is 5.69 Å². The number of aryl methyl sites for hydroxylation is 1. The van der Waals surface area contributed by atoms with E-state index in [1.54, 1.807) is 7.11 Å². The number of ether oxygens (including phenoxy) is 1. The van der Waals surface area contributed by atoms with E-state index in [1.165, 1.54) is 11.1 Å². The molecule has 2 rings (SSSR count). The molecule has 2 N–H and O–H groups in total. The maximum Gasteiger partial charge on any atom is 0.119 e. The minimum Gasteiger partial charge on any atom is -0.497 e. The van der Waals surface area contributed by atoms with E-state index in [0.29, 0.717) is 0 Å². The molecule has 106 valence electrons. The quantitative estimate of drug-likeness (QED) is 0.848. The van der Waals surface area contributed by atoms with Crippen molar-refractivity contribution in [1.29, 1.82) is 0 Å². The summed E-state index contributed by atoms with van der Waals surface area (Å²) in [4.78, 5) is 2.25. The van der Waals surface area contributed by atoms with Gasteiger partial charge < -0.3 is 10.5 Å². The van der Waals surface area contributed by atoms with Crippen LogP contribution in [0.1, 0.15) is 16.7 Å². The number of nitrogens with two attached hydrogens (primary N) is 1. The fourth-order valence-corrected chi connectivity index (χ4v) is 2.20. The van der Waals surface area contributed by atoms with Crippen molar-refractivity contribution in [1.82, 2.24) is 4.90 Å². The lowest BCUT2D eigenvalue weighted by molar-refractivity contribution is 0.318. The third-order valence-electron chi connectivity index (χ3n) is 3.36. The predicted molar refractivity (Wildman–Crippen MR) is 83.8 cm³/mol. The summed E-state index contributed by atoms with van der Waals surface area (Å²) in [5, 5.41) is 0. The van der Waals surface area contributed by atoms with Gasteiger partial charge in [-0.05, 0) is 43.3 Å². The molecule has 0 aliphatic rings. The summed E-state index contributed by atoms with van der Waals surface area (Å²) < 4.78 is 5.25. The Hall–Kier alpha value is -2.00. The zero-order valence-corrected chi connectivity index (χ0v) is 12.4. The number of rotatable bonds is 5. The van der Waals surface area contributed by atoms with Gasteiger partial charge in [0, 0.05) is 18.8 Å². The summed E-state index contributed by atoms with van der Waals surface area (Å²) in [7, 11) is 3.77. The van der Waals surface area contributed by atoms with E-state index in [2.05, 4.69) is 43.1 Å². The summed E-state index contributed by atoms with van der Waals surface area (Å²) in [6, 6.07) is 14.4. The van der Waals surface area contributed by atoms with Gasteiger partial charge in [0.2, 0.25) is 0 Å². The fourth-order valence-electron chi connectivity index (χ4n) is 2.20. The molecule has 0 spiro atoms. The van der Waals surface area contributed by atoms with Crippen molar-refractivity contribution in [2.45, 2.75) is 20.0 Å². The number of nitrogens with zero attached hydrogens (tertiary/aromatic N) is 1. The Kier molecular flexibility index (Phi) is 4.64. The molecule has 2 aromatic carbocycles. The van der Waals surface area contributed by atoms with E-state index >= 15 is 0 Å². The summed E-state index contributed by atoms with van der Waals surface area (Å²) >= 11 is 0. The van der Waals surface area contributed by atoms with Crippen LogP contribution in [0.3, 0.4) is 0 Å². The first-order valence-electron chi connectivity index (χ1n) is 6.75. The average Bonchev–Trinajstić information content (AvgIpc) is 2.44. The molecular weight excluding hydrogens is 248 g/mol. The maximum absolute atomic E-state index is 6.02. The lowest BCUT2D eigenvalue weighted by atomic mass is 10.1. The van der Waals surface area contributed by atoms with Gasteiger partial charge in [-0.1, -0.05) is 29.8 Å². The van der Waals surface area contributed by atoms with Crippen molar-refractivity contribution >= 4 is 5.69 Å². The first kappa shape index (κ1) is 14.4. The molecule has 0 saturated carbocycles. The minimum atomic E-state index is 0.802. The van der Waals surface area contributed by atoms with Crippen LogP contribution in [-0.2, 0) is 13.1 Å². The highest BCUT2D eigenvalue weighted by Crippen LogP contribution is 2.21. The van der Waals surface area contributed by atoms with Crippen molar-refractivity contribution in [3.05, 3.63) is 59.2 Å². The first-order chi connectivity index (χ1) is 9.58. The highest BCUT2D eigenvalue weighted by Gasteiger charge is 2.06. The number of benzene rings is 2. The van der Waals surface area contributed by atoms with E-state index in [1.807, 2.05) is 18.2 Å². The number of anilines is 1. The van der Waals surface area contributed by atoms with Gasteiger partial charge in [-0.15, -0.1) is 0 Å². The molecule has 0 aliphatic heterocycles. The highest BCUT2D eigenvalue weighted by atomic mass is 16.5. The lowest BCUT2D eigenvalue weighted by Crippen LogP contribution is -2.18. The largest absolute Gasteiger partial charge is 0.497 e. The number of nitrogen functional groups attached to an aromatic ring is 1. The third-order valence-corrected chi connectivity index (χ3v) is 3.36. The van der Waals surface area contributed by atoms with Crippen LogP contribution in [-0.4, -0.2) is 19.1 Å². The smallest absolute Gasteiger partial charge is 0.119 e. The van der Waals surface area contributed by atoms with E-state index in [0.717, 1.165) is 30.1 Å². The topological polar surface area (TPSA) is 38.5 Å². The Labute approximate surface area is 121 Å². The van der Waals surface area contributed by atoms with Crippen molar-refractivity contribution in [2.75, 3.05) is 19.9 Å². The van der Waals surface area contributed by atoms with E-state index in [-0.39, 0.29) is 0 Å². The van der Waals surface area contributed by atoms with E-state index in [4.69, 9.17) is 10.5 Å². The average molecular weight is 270 g/mol. The number of hydrogen-bond acceptors (Lipinski definition) is 3. The second kappa shape index (κ2) is 6.44. The summed E-state index contributed by atoms with van der Waals surface area (Å²) in [6.07, 6.45) is 0. The van der Waals surface area contributed by atoms with Gasteiger partial charge >= 0.3 is 0 Å². The van der Waals surface area contributed by atoms with Crippen LogP contribution in [0.2, 0.25) is 0 Å². The van der Waals surface area contributed by atoms with Crippen LogP contribution >= 0.6 is 0 Å². The maximum atomic E-state index is 6.02. The minimum absolute atomic E-state index is 0.802. The summed E-state index contributed by atoms with van der Waals surface area (Å²) in [5.74, 6) is 0.845. The van der Waals surface area contributed by atoms with Gasteiger partial charge in [-0.2, -0.15) is 0 Å². The van der Waals surface area contributed by atoms with Gasteiger partial charge in [0.05, 0.1) is 7.11 Å². The Morgan fingerprint density at radius 3 is 2.40 bits per heavy atom. The van der Waals surface area contributed by atoms with Crippen LogP contribution < -0.4 is 10.5 Å². The molecule has 0 bridgehead atoms. The third kappa shape index (κ3) is 3.75. The van der Waals surface area contributed by atoms with Crippen molar-refractivity contribution in [2.24, 2.45) is 0 Å². The molecule has 20 heavy (non-hydrogen) atoms. The number of hydrogen-bond donors (Lipinski definition) is 1. The molecule has 0 atom stereocenters. The zero-order chi connectivity index (χ0) is 14.5. The Balaban J connectivity index is 2.04. The molecule has 0 unspecified atom stereocenters. The van der Waals surface area contributed by atoms with E-state index in [9.17, 15) is 0 Å². The Morgan fingerprint density at radius 2 is 1.75 bits per heavy atom. The molecule has 0 heterocycles. The Morgan fingerprint density at radius 1 is 1.05 bits per heavy atom. The monoisotopic (exact) mass is 270 g/mol. The molecule has 2 aromatic rings. The zero-order valence-electron chi connectivity index (χ0n) is 12.4. The molecule has 0 aromatic heterocycles. The van der Waals surface area contributed by atoms with Gasteiger partial charge in [0.25, 0.3) is 0 Å².